The molecule has 3 aliphatic rings. The topological polar surface area (TPSA) is 6.25 Å². The minimum Gasteiger partial charge on any atom is -1.00 e. The quantitative estimate of drug-likeness (QED) is 0.0546. The summed E-state index contributed by atoms with van der Waals surface area (Å²) >= 11 is 7.37. The van der Waals surface area contributed by atoms with Gasteiger partial charge in [-0.1, -0.05) is 197 Å². The van der Waals surface area contributed by atoms with Crippen LogP contribution in [0.4, 0.5) is 11.4 Å². The Kier molecular flexibility index (Phi) is 20.9. The molecule has 320 valence electrons. The molecule has 0 aromatic heterocycles. The maximum Gasteiger partial charge on any atom is 0.209 e. The van der Waals surface area contributed by atoms with Gasteiger partial charge in [0.1, 0.15) is 6.54 Å². The smallest absolute Gasteiger partial charge is 0.209 e. The van der Waals surface area contributed by atoms with Crippen molar-refractivity contribution in [2.75, 3.05) is 18.0 Å². The van der Waals surface area contributed by atoms with E-state index in [1.54, 1.807) is 0 Å². The maximum absolute atomic E-state index is 7.37. The number of fused-ring (bicyclic) bond motifs is 2. The predicted molar refractivity (Wildman–Crippen MR) is 252 cm³/mol. The predicted octanol–water partition coefficient (Wildman–Crippen LogP) is 13.7. The number of benzene rings is 2. The van der Waals surface area contributed by atoms with Gasteiger partial charge in [-0.2, -0.15) is 4.58 Å². The summed E-state index contributed by atoms with van der Waals surface area (Å²) < 4.78 is 2.62. The van der Waals surface area contributed by atoms with Crippen LogP contribution in [0.2, 0.25) is 0 Å². The summed E-state index contributed by atoms with van der Waals surface area (Å²) in [4.78, 5) is 2.62. The van der Waals surface area contributed by atoms with Crippen molar-refractivity contribution in [2.45, 2.75) is 200 Å². The lowest BCUT2D eigenvalue weighted by Gasteiger charge is -2.27. The average Bonchev–Trinajstić information content (AvgIpc) is 3.56. The van der Waals surface area contributed by atoms with Crippen LogP contribution < -0.4 is 28.9 Å². The SMILES string of the molecule is CCCCCCCCCCCCN1C(=CC=C2CCCC(C=CC3=[N+](CCCCCCCCCCCC)c4ccccc4C3(C)C)=C2Cl)C(C)(C)c2ccccc21.[I-]. The molecule has 1 aliphatic carbocycles. The lowest BCUT2D eigenvalue weighted by atomic mass is 9.81. The summed E-state index contributed by atoms with van der Waals surface area (Å²) in [7, 11) is 0. The fourth-order valence-corrected chi connectivity index (χ4v) is 10.2. The summed E-state index contributed by atoms with van der Waals surface area (Å²) in [5.74, 6) is 0. The van der Waals surface area contributed by atoms with Gasteiger partial charge in [-0.05, 0) is 74.8 Å². The molecule has 0 radical (unpaired) electrons. The molecule has 0 bridgehead atoms. The van der Waals surface area contributed by atoms with E-state index in [2.05, 4.69) is 124 Å². The Morgan fingerprint density at radius 1 is 0.603 bits per heavy atom. The summed E-state index contributed by atoms with van der Waals surface area (Å²) in [6.45, 7) is 16.4. The zero-order chi connectivity index (χ0) is 40.5. The normalized spacial score (nSPS) is 18.5. The Bertz CT molecular complexity index is 1720. The monoisotopic (exact) mass is 919 g/mol. The van der Waals surface area contributed by atoms with E-state index in [-0.39, 0.29) is 34.8 Å². The highest BCUT2D eigenvalue weighted by Crippen LogP contribution is 2.48. The molecule has 0 fully saturated rings. The number of para-hydroxylation sites is 2. The Morgan fingerprint density at radius 3 is 1.76 bits per heavy atom. The van der Waals surface area contributed by atoms with Crippen LogP contribution in [0, 0.1) is 0 Å². The molecule has 0 amide bonds. The number of halogens is 2. The van der Waals surface area contributed by atoms with Crippen LogP contribution in [0.15, 0.2) is 94.7 Å². The van der Waals surface area contributed by atoms with E-state index in [0.717, 1.165) is 37.4 Å². The van der Waals surface area contributed by atoms with E-state index in [9.17, 15) is 0 Å². The molecule has 0 atom stereocenters. The molecule has 2 aromatic rings. The zero-order valence-electron chi connectivity index (χ0n) is 37.8. The summed E-state index contributed by atoms with van der Waals surface area (Å²) in [6, 6.07) is 18.2. The van der Waals surface area contributed by atoms with E-state index in [1.807, 2.05) is 0 Å². The number of hydrogen-bond acceptors (Lipinski definition) is 1. The Morgan fingerprint density at radius 2 is 1.14 bits per heavy atom. The van der Waals surface area contributed by atoms with Crippen LogP contribution in [0.1, 0.15) is 200 Å². The first-order valence-electron chi connectivity index (χ1n) is 23.8. The lowest BCUT2D eigenvalue weighted by molar-refractivity contribution is -0.438. The van der Waals surface area contributed by atoms with Gasteiger partial charge in [0.25, 0.3) is 0 Å². The maximum atomic E-state index is 7.37. The number of rotatable bonds is 25. The van der Waals surface area contributed by atoms with Crippen molar-refractivity contribution >= 4 is 28.7 Å². The van der Waals surface area contributed by atoms with E-state index in [0.29, 0.717) is 0 Å². The van der Waals surface area contributed by atoms with Crippen molar-refractivity contribution in [3.63, 3.8) is 0 Å². The van der Waals surface area contributed by atoms with Crippen LogP contribution in [-0.4, -0.2) is 23.4 Å². The van der Waals surface area contributed by atoms with E-state index < -0.39 is 0 Å². The molecule has 0 spiro atoms. The minimum atomic E-state index is -0.0445. The molecule has 5 rings (SSSR count). The third kappa shape index (κ3) is 13.0. The molecule has 58 heavy (non-hydrogen) atoms. The van der Waals surface area contributed by atoms with Gasteiger partial charge in [-0.25, -0.2) is 0 Å². The van der Waals surface area contributed by atoms with Gasteiger partial charge >= 0.3 is 0 Å². The highest BCUT2D eigenvalue weighted by Gasteiger charge is 2.44. The fraction of sp³-hybridized carbons (Fsp3) is 0.611. The number of anilines is 1. The molecule has 0 N–H and O–H groups in total. The van der Waals surface area contributed by atoms with Crippen molar-refractivity contribution in [1.29, 1.82) is 0 Å². The molecule has 0 unspecified atom stereocenters. The van der Waals surface area contributed by atoms with Crippen molar-refractivity contribution in [3.8, 4) is 0 Å². The third-order valence-corrected chi connectivity index (χ3v) is 13.9. The minimum absolute atomic E-state index is 0. The molecular formula is C54H80ClIN2. The summed E-state index contributed by atoms with van der Waals surface area (Å²) in [5, 5.41) is 0.957. The third-order valence-electron chi connectivity index (χ3n) is 13.4. The van der Waals surface area contributed by atoms with Gasteiger partial charge < -0.3 is 28.9 Å². The van der Waals surface area contributed by atoms with Crippen LogP contribution in [0.5, 0.6) is 0 Å². The molecule has 2 heterocycles. The van der Waals surface area contributed by atoms with Crippen LogP contribution in [-0.2, 0) is 10.8 Å². The summed E-state index contributed by atoms with van der Waals surface area (Å²) in [5.41, 5.74) is 10.9. The second-order valence-electron chi connectivity index (χ2n) is 18.6. The second-order valence-corrected chi connectivity index (χ2v) is 19.0. The molecule has 4 heteroatoms. The Balaban J connectivity index is 0.00000744. The van der Waals surface area contributed by atoms with Crippen LogP contribution >= 0.6 is 11.6 Å². The van der Waals surface area contributed by atoms with Gasteiger partial charge in [-0.3, -0.25) is 0 Å². The van der Waals surface area contributed by atoms with Crippen molar-refractivity contribution in [2.24, 2.45) is 0 Å². The summed E-state index contributed by atoms with van der Waals surface area (Å²) in [6.07, 6.45) is 40.1. The number of nitrogens with zero attached hydrogens (tertiary/aromatic N) is 2. The van der Waals surface area contributed by atoms with Crippen LogP contribution in [0.3, 0.4) is 0 Å². The van der Waals surface area contributed by atoms with E-state index in [4.69, 9.17) is 11.6 Å². The molecular weight excluding hydrogens is 839 g/mol. The highest BCUT2D eigenvalue weighted by atomic mass is 127. The Labute approximate surface area is 378 Å². The molecule has 2 aromatic carbocycles. The standard InChI is InChI=1S/C54H80ClN2.HI/c1-7-9-11-13-15-17-19-21-23-29-42-56-48-36-27-25-34-46(48)53(3,4)50(56)40-38-44-32-31-33-45(52(44)55)39-41-51-54(5,6)47-35-26-28-37-49(47)57(51)43-30-24-22-20-18-16-14-12-10-8-2;/h25-28,34-41H,7-24,29-33,42-43H2,1-6H3;1H/q+1;/p-1. The van der Waals surface area contributed by atoms with Crippen molar-refractivity contribution in [3.05, 3.63) is 106 Å². The number of allylic oxidation sites excluding steroid dienone is 8. The first-order chi connectivity index (χ1) is 27.7. The van der Waals surface area contributed by atoms with E-state index >= 15 is 0 Å². The van der Waals surface area contributed by atoms with Gasteiger partial charge in [0.2, 0.25) is 5.69 Å². The molecule has 0 saturated carbocycles. The van der Waals surface area contributed by atoms with E-state index in [1.165, 1.54) is 173 Å². The second kappa shape index (κ2) is 25.0. The fourth-order valence-electron chi connectivity index (χ4n) is 9.85. The molecule has 2 aliphatic heterocycles. The van der Waals surface area contributed by atoms with Crippen molar-refractivity contribution < 1.29 is 28.6 Å². The zero-order valence-corrected chi connectivity index (χ0v) is 40.7. The van der Waals surface area contributed by atoms with Gasteiger partial charge in [0, 0.05) is 52.5 Å². The average molecular weight is 920 g/mol. The first kappa shape index (κ1) is 48.6. The lowest BCUT2D eigenvalue weighted by Crippen LogP contribution is -3.00. The van der Waals surface area contributed by atoms with Crippen molar-refractivity contribution in [1.82, 2.24) is 0 Å². The largest absolute Gasteiger partial charge is 1.00 e. The Hall–Kier alpha value is -2.11. The highest BCUT2D eigenvalue weighted by molar-refractivity contribution is 6.32. The molecule has 2 nitrogen and oxygen atoms in total. The number of unbranched alkanes of at least 4 members (excludes halogenated alkanes) is 18. The number of hydrogen-bond donors (Lipinski definition) is 0. The van der Waals surface area contributed by atoms with Gasteiger partial charge in [0.05, 0.1) is 5.41 Å². The molecule has 0 saturated heterocycles. The van der Waals surface area contributed by atoms with Gasteiger partial charge in [-0.15, -0.1) is 0 Å². The van der Waals surface area contributed by atoms with Gasteiger partial charge in [0.15, 0.2) is 5.71 Å². The first-order valence-corrected chi connectivity index (χ1v) is 24.2. The van der Waals surface area contributed by atoms with Crippen LogP contribution in [0.25, 0.3) is 0 Å².